The lowest BCUT2D eigenvalue weighted by molar-refractivity contribution is -0.146. The number of hydrogen-bond acceptors (Lipinski definition) is 6. The number of esters is 1. The molecule has 0 spiro atoms. The Balaban J connectivity index is 1.93. The molecule has 0 aliphatic rings. The average Bonchev–Trinajstić information content (AvgIpc) is 3.18. The van der Waals surface area contributed by atoms with E-state index in [1.54, 1.807) is 0 Å². The van der Waals surface area contributed by atoms with E-state index >= 15 is 0 Å². The maximum absolute atomic E-state index is 11.7. The van der Waals surface area contributed by atoms with Gasteiger partial charge in [0.25, 0.3) is 5.91 Å². The second-order valence-corrected chi connectivity index (χ2v) is 6.45. The maximum atomic E-state index is 11.7. The number of aromatic nitrogens is 1. The van der Waals surface area contributed by atoms with Crippen molar-refractivity contribution in [1.82, 2.24) is 10.0 Å². The minimum atomic E-state index is -0.707. The maximum Gasteiger partial charge on any atom is 0.307 e. The number of amides is 1. The van der Waals surface area contributed by atoms with Gasteiger partial charge >= 0.3 is 5.97 Å². The van der Waals surface area contributed by atoms with Crippen LogP contribution in [0.3, 0.4) is 0 Å². The Kier molecular flexibility index (Phi) is 12.2. The van der Waals surface area contributed by atoms with Crippen molar-refractivity contribution < 1.29 is 24.0 Å². The predicted octanol–water partition coefficient (Wildman–Crippen LogP) is 4.36. The number of nitrogens with zero attached hydrogens (tertiary/aromatic N) is 2. The van der Waals surface area contributed by atoms with E-state index in [-0.39, 0.29) is 18.7 Å². The van der Waals surface area contributed by atoms with E-state index in [9.17, 15) is 14.8 Å². The van der Waals surface area contributed by atoms with Crippen molar-refractivity contribution in [1.29, 1.82) is 0 Å². The minimum absolute atomic E-state index is 0.00812. The second kappa shape index (κ2) is 14.3. The molecular weight excluding hydrogens is 336 g/mol. The zero-order valence-electron chi connectivity index (χ0n) is 15.8. The lowest BCUT2D eigenvalue weighted by Crippen LogP contribution is -2.30. The molecule has 0 radical (unpaired) electrons. The highest BCUT2D eigenvalue weighted by Gasteiger charge is 2.17. The van der Waals surface area contributed by atoms with Gasteiger partial charge in [-0.2, -0.15) is 0 Å². The van der Waals surface area contributed by atoms with Gasteiger partial charge in [0.05, 0.1) is 19.6 Å². The fraction of sp³-hybridized carbons (Fsp3) is 0.737. The Hall–Kier alpha value is -1.89. The van der Waals surface area contributed by atoms with Gasteiger partial charge in [-0.25, -0.2) is 10.0 Å². The molecule has 0 aliphatic heterocycles. The molecule has 7 nitrogen and oxygen atoms in total. The molecular formula is C19H32N2O5. The third kappa shape index (κ3) is 10.2. The zero-order valence-corrected chi connectivity index (χ0v) is 15.8. The summed E-state index contributed by atoms with van der Waals surface area (Å²) in [6, 6.07) is 0. The summed E-state index contributed by atoms with van der Waals surface area (Å²) in [5.41, 5.74) is -0.00812. The van der Waals surface area contributed by atoms with Crippen molar-refractivity contribution in [3.8, 4) is 0 Å². The summed E-state index contributed by atoms with van der Waals surface area (Å²) in [6.45, 7) is 2.48. The third-order valence-electron chi connectivity index (χ3n) is 4.17. The molecule has 0 fully saturated rings. The molecule has 0 bridgehead atoms. The van der Waals surface area contributed by atoms with E-state index in [0.29, 0.717) is 11.7 Å². The Morgan fingerprint density at radius 1 is 1.08 bits per heavy atom. The molecule has 1 aromatic heterocycles. The van der Waals surface area contributed by atoms with Gasteiger partial charge < -0.3 is 9.15 Å². The molecule has 0 atom stereocenters. The van der Waals surface area contributed by atoms with Crippen molar-refractivity contribution in [3.63, 3.8) is 0 Å². The Labute approximate surface area is 155 Å². The standard InChI is InChI=1S/C19H32N2O5/c1-2-3-4-5-6-7-8-9-10-11-14-26-18(22)12-13-21(24)19(23)17-15-25-16-20-17/h15-16,24H,2-14H2,1H3. The molecule has 0 aliphatic carbocycles. The zero-order chi connectivity index (χ0) is 19.0. The predicted molar refractivity (Wildman–Crippen MR) is 96.7 cm³/mol. The number of rotatable bonds is 15. The quantitative estimate of drug-likeness (QED) is 0.214. The Bertz CT molecular complexity index is 490. The number of carbonyl (C=O) groups is 2. The molecule has 1 amide bonds. The summed E-state index contributed by atoms with van der Waals surface area (Å²) >= 11 is 0. The number of carbonyl (C=O) groups excluding carboxylic acids is 2. The fourth-order valence-electron chi connectivity index (χ4n) is 2.60. The first-order chi connectivity index (χ1) is 12.6. The second-order valence-electron chi connectivity index (χ2n) is 6.45. The Morgan fingerprint density at radius 3 is 2.27 bits per heavy atom. The molecule has 7 heteroatoms. The SMILES string of the molecule is CCCCCCCCCCCCOC(=O)CCN(O)C(=O)c1cocn1. The number of hydrogen-bond donors (Lipinski definition) is 1. The molecule has 0 saturated carbocycles. The van der Waals surface area contributed by atoms with E-state index in [0.717, 1.165) is 25.5 Å². The van der Waals surface area contributed by atoms with E-state index in [1.807, 2.05) is 0 Å². The molecule has 26 heavy (non-hydrogen) atoms. The van der Waals surface area contributed by atoms with Gasteiger partial charge in [-0.05, 0) is 6.42 Å². The van der Waals surface area contributed by atoms with Crippen LogP contribution in [0, 0.1) is 0 Å². The van der Waals surface area contributed by atoms with E-state index in [2.05, 4.69) is 16.3 Å². The normalized spacial score (nSPS) is 10.7. The van der Waals surface area contributed by atoms with Gasteiger partial charge in [0.1, 0.15) is 6.26 Å². The van der Waals surface area contributed by atoms with Crippen molar-refractivity contribution in [3.05, 3.63) is 18.4 Å². The fourth-order valence-corrected chi connectivity index (χ4v) is 2.60. The molecule has 1 heterocycles. The van der Waals surface area contributed by atoms with Crippen molar-refractivity contribution in [2.24, 2.45) is 0 Å². The van der Waals surface area contributed by atoms with Crippen LogP contribution in [0.1, 0.15) is 88.0 Å². The van der Waals surface area contributed by atoms with Gasteiger partial charge in [-0.1, -0.05) is 64.7 Å². The van der Waals surface area contributed by atoms with Crippen LogP contribution < -0.4 is 0 Å². The number of hydroxylamine groups is 2. The van der Waals surface area contributed by atoms with Crippen LogP contribution in [-0.4, -0.2) is 40.3 Å². The van der Waals surface area contributed by atoms with Crippen molar-refractivity contribution >= 4 is 11.9 Å². The first kappa shape index (κ1) is 22.2. The van der Waals surface area contributed by atoms with Crippen LogP contribution in [0.5, 0.6) is 0 Å². The average molecular weight is 368 g/mol. The van der Waals surface area contributed by atoms with Crippen LogP contribution in [0.2, 0.25) is 0 Å². The highest BCUT2D eigenvalue weighted by atomic mass is 16.5. The van der Waals surface area contributed by atoms with Gasteiger partial charge in [-0.3, -0.25) is 14.8 Å². The molecule has 148 valence electrons. The number of ether oxygens (including phenoxy) is 1. The van der Waals surface area contributed by atoms with Crippen LogP contribution in [0.15, 0.2) is 17.1 Å². The highest BCUT2D eigenvalue weighted by Crippen LogP contribution is 2.10. The van der Waals surface area contributed by atoms with Crippen LogP contribution in [0.4, 0.5) is 0 Å². The summed E-state index contributed by atoms with van der Waals surface area (Å²) in [7, 11) is 0. The summed E-state index contributed by atoms with van der Waals surface area (Å²) in [5.74, 6) is -1.13. The van der Waals surface area contributed by atoms with Crippen molar-refractivity contribution in [2.75, 3.05) is 13.2 Å². The van der Waals surface area contributed by atoms with Gasteiger partial charge in [0.2, 0.25) is 0 Å². The first-order valence-corrected chi connectivity index (χ1v) is 9.69. The smallest absolute Gasteiger partial charge is 0.307 e. The number of oxazole rings is 1. The summed E-state index contributed by atoms with van der Waals surface area (Å²) in [4.78, 5) is 26.9. The minimum Gasteiger partial charge on any atom is -0.466 e. The topological polar surface area (TPSA) is 92.9 Å². The molecule has 0 unspecified atom stereocenters. The first-order valence-electron chi connectivity index (χ1n) is 9.69. The summed E-state index contributed by atoms with van der Waals surface area (Å²) in [6.07, 6.45) is 14.4. The lowest BCUT2D eigenvalue weighted by atomic mass is 10.1. The van der Waals surface area contributed by atoms with E-state index in [4.69, 9.17) is 4.74 Å². The summed E-state index contributed by atoms with van der Waals surface area (Å²) < 4.78 is 9.79. The molecule has 1 N–H and O–H groups in total. The molecule has 1 rings (SSSR count). The molecule has 1 aromatic rings. The highest BCUT2D eigenvalue weighted by molar-refractivity contribution is 5.91. The third-order valence-corrected chi connectivity index (χ3v) is 4.17. The van der Waals surface area contributed by atoms with Crippen LogP contribution in [-0.2, 0) is 9.53 Å². The lowest BCUT2D eigenvalue weighted by Gasteiger charge is -2.12. The largest absolute Gasteiger partial charge is 0.466 e. The van der Waals surface area contributed by atoms with E-state index in [1.165, 1.54) is 51.4 Å². The van der Waals surface area contributed by atoms with Gasteiger partial charge in [-0.15, -0.1) is 0 Å². The number of unbranched alkanes of at least 4 members (excludes halogenated alkanes) is 9. The van der Waals surface area contributed by atoms with E-state index < -0.39 is 11.9 Å². The van der Waals surface area contributed by atoms with Crippen LogP contribution >= 0.6 is 0 Å². The Morgan fingerprint density at radius 2 is 1.69 bits per heavy atom. The van der Waals surface area contributed by atoms with Gasteiger partial charge in [0.15, 0.2) is 12.1 Å². The van der Waals surface area contributed by atoms with Crippen molar-refractivity contribution in [2.45, 2.75) is 77.6 Å². The molecule has 0 saturated heterocycles. The van der Waals surface area contributed by atoms with Gasteiger partial charge in [0, 0.05) is 0 Å². The summed E-state index contributed by atoms with van der Waals surface area (Å²) in [5, 5.41) is 10.0. The van der Waals surface area contributed by atoms with Crippen LogP contribution in [0.25, 0.3) is 0 Å². The molecule has 0 aromatic carbocycles. The monoisotopic (exact) mass is 368 g/mol.